The summed E-state index contributed by atoms with van der Waals surface area (Å²) in [5.74, 6) is 0.391. The van der Waals surface area contributed by atoms with E-state index in [9.17, 15) is 9.59 Å². The molecule has 3 rings (SSSR count). The Morgan fingerprint density at radius 1 is 1.33 bits per heavy atom. The maximum Gasteiger partial charge on any atom is 0.231 e. The van der Waals surface area contributed by atoms with Crippen LogP contribution in [0.4, 0.5) is 5.13 Å². The first kappa shape index (κ1) is 19.3. The van der Waals surface area contributed by atoms with Gasteiger partial charge in [0.2, 0.25) is 16.9 Å². The summed E-state index contributed by atoms with van der Waals surface area (Å²) in [6, 6.07) is 7.77. The van der Waals surface area contributed by atoms with Crippen molar-refractivity contribution in [2.75, 3.05) is 25.5 Å². The summed E-state index contributed by atoms with van der Waals surface area (Å²) in [7, 11) is 1.63. The number of amides is 2. The average Bonchev–Trinajstić information content (AvgIpc) is 3.27. The Bertz CT molecular complexity index is 791. The zero-order valence-electron chi connectivity index (χ0n) is 15.6. The van der Waals surface area contributed by atoms with Crippen molar-refractivity contribution in [2.45, 2.75) is 32.6 Å². The summed E-state index contributed by atoms with van der Waals surface area (Å²) in [5, 5.41) is 12.3. The molecular weight excluding hydrogens is 364 g/mol. The van der Waals surface area contributed by atoms with E-state index >= 15 is 0 Å². The van der Waals surface area contributed by atoms with E-state index in [1.807, 2.05) is 24.3 Å². The lowest BCUT2D eigenvalue weighted by atomic mass is 10.1. The number of unbranched alkanes of at least 4 members (excludes halogenated alkanes) is 1. The molecule has 2 heterocycles. The van der Waals surface area contributed by atoms with Gasteiger partial charge in [0.25, 0.3) is 0 Å². The van der Waals surface area contributed by atoms with Crippen LogP contribution in [0, 0.1) is 5.92 Å². The third kappa shape index (κ3) is 5.03. The first-order valence-electron chi connectivity index (χ1n) is 9.13. The number of anilines is 1. The van der Waals surface area contributed by atoms with Crippen molar-refractivity contribution < 1.29 is 14.3 Å². The summed E-state index contributed by atoms with van der Waals surface area (Å²) in [6.45, 7) is 3.30. The average molecular weight is 388 g/mol. The SMILES string of the molecule is CCCCN1CC(C(=O)Nc2nnc(Cc3ccc(OC)cc3)s2)CC1=O. The van der Waals surface area contributed by atoms with E-state index in [-0.39, 0.29) is 24.2 Å². The molecule has 0 aliphatic carbocycles. The molecule has 0 spiro atoms. The Balaban J connectivity index is 1.54. The Labute approximate surface area is 162 Å². The van der Waals surface area contributed by atoms with Crippen LogP contribution in [0.5, 0.6) is 5.75 Å². The van der Waals surface area contributed by atoms with Gasteiger partial charge in [0.1, 0.15) is 10.8 Å². The number of hydrogen-bond donors (Lipinski definition) is 1. The van der Waals surface area contributed by atoms with Crippen LogP contribution in [0.2, 0.25) is 0 Å². The molecule has 1 aromatic heterocycles. The third-order valence-corrected chi connectivity index (χ3v) is 5.42. The number of hydrogen-bond acceptors (Lipinski definition) is 6. The molecule has 1 aromatic carbocycles. The molecule has 144 valence electrons. The zero-order valence-corrected chi connectivity index (χ0v) is 16.4. The van der Waals surface area contributed by atoms with E-state index in [4.69, 9.17) is 4.74 Å². The third-order valence-electron chi connectivity index (χ3n) is 4.58. The van der Waals surface area contributed by atoms with Crippen molar-refractivity contribution >= 4 is 28.3 Å². The molecule has 1 aliphatic heterocycles. The number of rotatable bonds is 8. The minimum Gasteiger partial charge on any atom is -0.497 e. The van der Waals surface area contributed by atoms with Crippen molar-refractivity contribution in [2.24, 2.45) is 5.92 Å². The van der Waals surface area contributed by atoms with Gasteiger partial charge in [0.05, 0.1) is 13.0 Å². The molecule has 7 nitrogen and oxygen atoms in total. The Morgan fingerprint density at radius 2 is 2.11 bits per heavy atom. The van der Waals surface area contributed by atoms with E-state index in [0.29, 0.717) is 18.1 Å². The summed E-state index contributed by atoms with van der Waals surface area (Å²) in [6.07, 6.45) is 2.91. The van der Waals surface area contributed by atoms with E-state index in [1.54, 1.807) is 12.0 Å². The number of nitrogens with zero attached hydrogens (tertiary/aromatic N) is 3. The number of carbonyl (C=O) groups is 2. The zero-order chi connectivity index (χ0) is 19.2. The van der Waals surface area contributed by atoms with Crippen molar-refractivity contribution in [1.29, 1.82) is 0 Å². The van der Waals surface area contributed by atoms with Crippen LogP contribution in [0.15, 0.2) is 24.3 Å². The maximum atomic E-state index is 12.5. The molecule has 1 unspecified atom stereocenters. The molecule has 0 bridgehead atoms. The number of nitrogens with one attached hydrogen (secondary N) is 1. The number of carbonyl (C=O) groups excluding carboxylic acids is 2. The monoisotopic (exact) mass is 388 g/mol. The smallest absolute Gasteiger partial charge is 0.231 e. The van der Waals surface area contributed by atoms with E-state index in [0.717, 1.165) is 35.7 Å². The fourth-order valence-corrected chi connectivity index (χ4v) is 3.79. The molecule has 27 heavy (non-hydrogen) atoms. The number of ether oxygens (including phenoxy) is 1. The largest absolute Gasteiger partial charge is 0.497 e. The molecule has 1 N–H and O–H groups in total. The first-order chi connectivity index (χ1) is 13.1. The minimum absolute atomic E-state index is 0.0565. The Morgan fingerprint density at radius 3 is 2.81 bits per heavy atom. The summed E-state index contributed by atoms with van der Waals surface area (Å²) >= 11 is 1.36. The molecule has 0 saturated carbocycles. The predicted molar refractivity (Wildman–Crippen MR) is 104 cm³/mol. The van der Waals surface area contributed by atoms with Crippen molar-refractivity contribution in [1.82, 2.24) is 15.1 Å². The summed E-state index contributed by atoms with van der Waals surface area (Å²) < 4.78 is 5.15. The Kier molecular flexibility index (Phi) is 6.39. The highest BCUT2D eigenvalue weighted by molar-refractivity contribution is 7.15. The highest BCUT2D eigenvalue weighted by atomic mass is 32.1. The van der Waals surface area contributed by atoms with Crippen molar-refractivity contribution in [3.05, 3.63) is 34.8 Å². The van der Waals surface area contributed by atoms with Crippen molar-refractivity contribution in [3.8, 4) is 5.75 Å². The lowest BCUT2D eigenvalue weighted by molar-refractivity contribution is -0.128. The first-order valence-corrected chi connectivity index (χ1v) is 9.94. The van der Waals surface area contributed by atoms with Gasteiger partial charge in [-0.25, -0.2) is 0 Å². The second-order valence-corrected chi connectivity index (χ2v) is 7.67. The van der Waals surface area contributed by atoms with Gasteiger partial charge in [0, 0.05) is 25.9 Å². The standard InChI is InChI=1S/C19H24N4O3S/c1-3-4-9-23-12-14(11-17(23)24)18(25)20-19-22-21-16(27-19)10-13-5-7-15(26-2)8-6-13/h5-8,14H,3-4,9-12H2,1-2H3,(H,20,22,25). The van der Waals surface area contributed by atoms with Crippen LogP contribution < -0.4 is 10.1 Å². The second-order valence-electron chi connectivity index (χ2n) is 6.61. The number of methoxy groups -OCH3 is 1. The molecule has 1 saturated heterocycles. The lowest BCUT2D eigenvalue weighted by Crippen LogP contribution is -2.29. The molecule has 0 radical (unpaired) electrons. The summed E-state index contributed by atoms with van der Waals surface area (Å²) in [5.41, 5.74) is 1.10. The number of aromatic nitrogens is 2. The van der Waals surface area contributed by atoms with Gasteiger partial charge in [-0.05, 0) is 24.1 Å². The van der Waals surface area contributed by atoms with E-state index < -0.39 is 0 Å². The topological polar surface area (TPSA) is 84.4 Å². The van der Waals surface area contributed by atoms with E-state index in [1.165, 1.54) is 11.3 Å². The van der Waals surface area contributed by atoms with Gasteiger partial charge >= 0.3 is 0 Å². The second kappa shape index (κ2) is 8.94. The fourth-order valence-electron chi connectivity index (χ4n) is 3.01. The van der Waals surface area contributed by atoms with Gasteiger partial charge < -0.3 is 15.0 Å². The maximum absolute atomic E-state index is 12.5. The molecule has 1 atom stereocenters. The number of likely N-dealkylation sites (tertiary alicyclic amines) is 1. The molecule has 8 heteroatoms. The fraction of sp³-hybridized carbons (Fsp3) is 0.474. The van der Waals surface area contributed by atoms with Gasteiger partial charge in [-0.2, -0.15) is 0 Å². The molecular formula is C19H24N4O3S. The van der Waals surface area contributed by atoms with Gasteiger partial charge in [-0.3, -0.25) is 9.59 Å². The van der Waals surface area contributed by atoms with Crippen molar-refractivity contribution in [3.63, 3.8) is 0 Å². The van der Waals surface area contributed by atoms with Crippen LogP contribution in [0.3, 0.4) is 0 Å². The lowest BCUT2D eigenvalue weighted by Gasteiger charge is -2.15. The number of benzene rings is 1. The van der Waals surface area contributed by atoms with Gasteiger partial charge in [0.15, 0.2) is 0 Å². The highest BCUT2D eigenvalue weighted by Gasteiger charge is 2.34. The molecule has 1 fully saturated rings. The minimum atomic E-state index is -0.316. The van der Waals surface area contributed by atoms with Crippen LogP contribution in [0.25, 0.3) is 0 Å². The quantitative estimate of drug-likeness (QED) is 0.752. The van der Waals surface area contributed by atoms with Gasteiger partial charge in [-0.1, -0.05) is 36.8 Å². The molecule has 1 aliphatic rings. The Hall–Kier alpha value is -2.48. The van der Waals surface area contributed by atoms with Crippen LogP contribution in [0.1, 0.15) is 36.8 Å². The van der Waals surface area contributed by atoms with Crippen LogP contribution in [-0.2, 0) is 16.0 Å². The van der Waals surface area contributed by atoms with E-state index in [2.05, 4.69) is 22.4 Å². The summed E-state index contributed by atoms with van der Waals surface area (Å²) in [4.78, 5) is 26.2. The highest BCUT2D eigenvalue weighted by Crippen LogP contribution is 2.23. The van der Waals surface area contributed by atoms with Crippen LogP contribution >= 0.6 is 11.3 Å². The van der Waals surface area contributed by atoms with Crippen LogP contribution in [-0.4, -0.2) is 47.1 Å². The molecule has 2 aromatic rings. The normalized spacial score (nSPS) is 16.6. The van der Waals surface area contributed by atoms with Gasteiger partial charge in [-0.15, -0.1) is 10.2 Å². The predicted octanol–water partition coefficient (Wildman–Crippen LogP) is 2.72. The molecule has 2 amide bonds.